The highest BCUT2D eigenvalue weighted by molar-refractivity contribution is 5.73. The van der Waals surface area contributed by atoms with Gasteiger partial charge in [0.1, 0.15) is 0 Å². The van der Waals surface area contributed by atoms with E-state index in [4.69, 9.17) is 0 Å². The highest BCUT2D eigenvalue weighted by atomic mass is 16.2. The van der Waals surface area contributed by atoms with Crippen LogP contribution < -0.4 is 16.0 Å². The summed E-state index contributed by atoms with van der Waals surface area (Å²) in [5.41, 5.74) is 0. The molecule has 0 aliphatic heterocycles. The second-order valence-electron chi connectivity index (χ2n) is 3.05. The molecule has 0 radical (unpaired) electrons. The fourth-order valence-corrected chi connectivity index (χ4v) is 0.982. The number of urea groups is 1. The summed E-state index contributed by atoms with van der Waals surface area (Å²) in [6.07, 6.45) is 2.90. The maximum absolute atomic E-state index is 10.7. The van der Waals surface area contributed by atoms with Crippen LogP contribution in [0.1, 0.15) is 26.2 Å². The number of carbonyl (C=O) groups excluding carboxylic acids is 2. The first-order valence-corrected chi connectivity index (χ1v) is 4.87. The molecule has 14 heavy (non-hydrogen) atoms. The van der Waals surface area contributed by atoms with E-state index >= 15 is 0 Å². The molecule has 0 fully saturated rings. The van der Waals surface area contributed by atoms with Crippen LogP contribution in [0.5, 0.6) is 0 Å². The number of hydrogen-bond acceptors (Lipinski definition) is 2. The Labute approximate surface area is 84.6 Å². The molecule has 0 aromatic carbocycles. The van der Waals surface area contributed by atoms with Crippen LogP contribution >= 0.6 is 0 Å². The van der Waals surface area contributed by atoms with E-state index in [0.717, 1.165) is 25.8 Å². The van der Waals surface area contributed by atoms with Gasteiger partial charge in [0.05, 0.1) is 0 Å². The molecular weight excluding hydrogens is 182 g/mol. The van der Waals surface area contributed by atoms with Crippen LogP contribution in [0.15, 0.2) is 0 Å². The van der Waals surface area contributed by atoms with E-state index in [0.29, 0.717) is 6.54 Å². The summed E-state index contributed by atoms with van der Waals surface area (Å²) >= 11 is 0. The highest BCUT2D eigenvalue weighted by Gasteiger charge is 1.94. The monoisotopic (exact) mass is 201 g/mol. The van der Waals surface area contributed by atoms with E-state index in [1.165, 1.54) is 6.92 Å². The Kier molecular flexibility index (Phi) is 7.59. The Morgan fingerprint density at radius 2 is 1.57 bits per heavy atom. The fourth-order valence-electron chi connectivity index (χ4n) is 0.982. The van der Waals surface area contributed by atoms with Crippen molar-refractivity contribution in [2.24, 2.45) is 0 Å². The molecule has 0 rings (SSSR count). The summed E-state index contributed by atoms with van der Waals surface area (Å²) in [5, 5.41) is 7.89. The summed E-state index contributed by atoms with van der Waals surface area (Å²) < 4.78 is 0. The van der Waals surface area contributed by atoms with Gasteiger partial charge in [0.2, 0.25) is 5.91 Å². The number of amides is 3. The molecule has 3 amide bonds. The van der Waals surface area contributed by atoms with Crippen molar-refractivity contribution in [1.29, 1.82) is 0 Å². The van der Waals surface area contributed by atoms with Gasteiger partial charge >= 0.3 is 6.03 Å². The van der Waals surface area contributed by atoms with Crippen LogP contribution in [-0.2, 0) is 4.79 Å². The quantitative estimate of drug-likeness (QED) is 0.538. The maximum Gasteiger partial charge on any atom is 0.314 e. The van der Waals surface area contributed by atoms with Gasteiger partial charge in [-0.15, -0.1) is 0 Å². The minimum absolute atomic E-state index is 0.00786. The molecule has 0 saturated heterocycles. The van der Waals surface area contributed by atoms with Crippen molar-refractivity contribution in [3.8, 4) is 0 Å². The molecule has 0 aliphatic carbocycles. The van der Waals surface area contributed by atoms with E-state index in [-0.39, 0.29) is 11.9 Å². The molecule has 82 valence electrons. The minimum Gasteiger partial charge on any atom is -0.356 e. The van der Waals surface area contributed by atoms with E-state index in [2.05, 4.69) is 16.0 Å². The number of nitrogens with one attached hydrogen (secondary N) is 3. The summed E-state index contributed by atoms with van der Waals surface area (Å²) in [6.45, 7) is 2.90. The zero-order chi connectivity index (χ0) is 10.8. The predicted octanol–water partition coefficient (Wildman–Crippen LogP) is 0.222. The summed E-state index contributed by atoms with van der Waals surface area (Å²) in [6, 6.07) is -0.146. The third-order valence-corrected chi connectivity index (χ3v) is 1.74. The third kappa shape index (κ3) is 8.83. The first kappa shape index (κ1) is 12.7. The Bertz CT molecular complexity index is 183. The average Bonchev–Trinajstić information content (AvgIpc) is 2.15. The lowest BCUT2D eigenvalue weighted by molar-refractivity contribution is -0.118. The fraction of sp³-hybridized carbons (Fsp3) is 0.778. The molecule has 0 bridgehead atoms. The number of carbonyl (C=O) groups is 2. The second-order valence-corrected chi connectivity index (χ2v) is 3.05. The first-order chi connectivity index (χ1) is 6.66. The zero-order valence-corrected chi connectivity index (χ0v) is 8.85. The summed E-state index contributed by atoms with van der Waals surface area (Å²) in [5.74, 6) is 0.00786. The standard InChI is InChI=1S/C9H19N3O2/c1-8(13)11-6-4-3-5-7-12-9(14)10-2/h3-7H2,1-2H3,(H,11,13)(H2,10,12,14). The third-order valence-electron chi connectivity index (χ3n) is 1.74. The van der Waals surface area contributed by atoms with Gasteiger partial charge in [-0.25, -0.2) is 4.79 Å². The number of unbranched alkanes of at least 4 members (excludes halogenated alkanes) is 2. The van der Waals surface area contributed by atoms with Crippen LogP contribution in [0.25, 0.3) is 0 Å². The molecule has 3 N–H and O–H groups in total. The second kappa shape index (κ2) is 8.34. The molecular formula is C9H19N3O2. The first-order valence-electron chi connectivity index (χ1n) is 4.87. The van der Waals surface area contributed by atoms with Crippen LogP contribution in [-0.4, -0.2) is 32.1 Å². The molecule has 0 spiro atoms. The maximum atomic E-state index is 10.7. The predicted molar refractivity (Wildman–Crippen MR) is 55.0 cm³/mol. The van der Waals surface area contributed by atoms with Crippen molar-refractivity contribution in [2.45, 2.75) is 26.2 Å². The lowest BCUT2D eigenvalue weighted by atomic mass is 10.2. The smallest absolute Gasteiger partial charge is 0.314 e. The van der Waals surface area contributed by atoms with Crippen molar-refractivity contribution in [3.63, 3.8) is 0 Å². The van der Waals surface area contributed by atoms with Gasteiger partial charge < -0.3 is 16.0 Å². The molecule has 5 heteroatoms. The minimum atomic E-state index is -0.146. The largest absolute Gasteiger partial charge is 0.356 e. The highest BCUT2D eigenvalue weighted by Crippen LogP contribution is 1.91. The summed E-state index contributed by atoms with van der Waals surface area (Å²) in [4.78, 5) is 21.2. The molecule has 0 aromatic heterocycles. The van der Waals surface area contributed by atoms with Crippen LogP contribution in [0.4, 0.5) is 4.79 Å². The van der Waals surface area contributed by atoms with Crippen molar-refractivity contribution in [1.82, 2.24) is 16.0 Å². The number of rotatable bonds is 6. The SMILES string of the molecule is CNC(=O)NCCCCCNC(C)=O. The van der Waals surface area contributed by atoms with E-state index < -0.39 is 0 Å². The van der Waals surface area contributed by atoms with Crippen LogP contribution in [0.3, 0.4) is 0 Å². The Hall–Kier alpha value is -1.26. The van der Waals surface area contributed by atoms with Gasteiger partial charge in [0, 0.05) is 27.1 Å². The molecule has 0 aliphatic rings. The lowest BCUT2D eigenvalue weighted by Crippen LogP contribution is -2.33. The molecule has 0 aromatic rings. The van der Waals surface area contributed by atoms with Gasteiger partial charge in [-0.1, -0.05) is 0 Å². The van der Waals surface area contributed by atoms with Crippen molar-refractivity contribution < 1.29 is 9.59 Å². The Balaban J connectivity index is 3.06. The van der Waals surface area contributed by atoms with Crippen molar-refractivity contribution in [3.05, 3.63) is 0 Å². The molecule has 0 saturated carbocycles. The zero-order valence-electron chi connectivity index (χ0n) is 8.85. The average molecular weight is 201 g/mol. The Morgan fingerprint density at radius 3 is 2.07 bits per heavy atom. The van der Waals surface area contributed by atoms with Crippen molar-refractivity contribution >= 4 is 11.9 Å². The van der Waals surface area contributed by atoms with E-state index in [9.17, 15) is 9.59 Å². The van der Waals surface area contributed by atoms with Crippen molar-refractivity contribution in [2.75, 3.05) is 20.1 Å². The number of hydrogen-bond donors (Lipinski definition) is 3. The topological polar surface area (TPSA) is 70.2 Å². The molecule has 0 heterocycles. The molecule has 0 atom stereocenters. The van der Waals surface area contributed by atoms with Gasteiger partial charge in [-0.05, 0) is 19.3 Å². The molecule has 5 nitrogen and oxygen atoms in total. The van der Waals surface area contributed by atoms with Crippen LogP contribution in [0.2, 0.25) is 0 Å². The summed E-state index contributed by atoms with van der Waals surface area (Å²) in [7, 11) is 1.59. The Morgan fingerprint density at radius 1 is 1.00 bits per heavy atom. The van der Waals surface area contributed by atoms with Gasteiger partial charge in [0.25, 0.3) is 0 Å². The van der Waals surface area contributed by atoms with Gasteiger partial charge in [-0.2, -0.15) is 0 Å². The van der Waals surface area contributed by atoms with E-state index in [1.54, 1.807) is 7.05 Å². The lowest BCUT2D eigenvalue weighted by Gasteiger charge is -2.04. The van der Waals surface area contributed by atoms with Gasteiger partial charge in [-0.3, -0.25) is 4.79 Å². The normalized spacial score (nSPS) is 9.29. The molecule has 0 unspecified atom stereocenters. The van der Waals surface area contributed by atoms with Crippen LogP contribution in [0, 0.1) is 0 Å². The van der Waals surface area contributed by atoms with E-state index in [1.807, 2.05) is 0 Å². The van der Waals surface area contributed by atoms with Gasteiger partial charge in [0.15, 0.2) is 0 Å².